The summed E-state index contributed by atoms with van der Waals surface area (Å²) >= 11 is 1.86. The van der Waals surface area contributed by atoms with Crippen molar-refractivity contribution in [1.82, 2.24) is 0 Å². The van der Waals surface area contributed by atoms with Gasteiger partial charge in [0.1, 0.15) is 11.2 Å². The number of furan rings is 1. The number of thiophene rings is 1. The molecule has 3 heteroatoms. The van der Waals surface area contributed by atoms with E-state index in [-0.39, 0.29) is 0 Å². The van der Waals surface area contributed by atoms with E-state index in [2.05, 4.69) is 193 Å². The summed E-state index contributed by atoms with van der Waals surface area (Å²) in [6.45, 7) is 0. The number of nitrogens with zero attached hydrogens (tertiary/aromatic N) is 1. The molecule has 52 heavy (non-hydrogen) atoms. The molecule has 0 unspecified atom stereocenters. The Morgan fingerprint density at radius 1 is 0.404 bits per heavy atom. The molecule has 0 bridgehead atoms. The van der Waals surface area contributed by atoms with Gasteiger partial charge in [0.05, 0.1) is 5.41 Å². The summed E-state index contributed by atoms with van der Waals surface area (Å²) < 4.78 is 9.00. The first-order valence-electron chi connectivity index (χ1n) is 17.8. The second-order valence-electron chi connectivity index (χ2n) is 13.7. The molecule has 0 aliphatic heterocycles. The van der Waals surface area contributed by atoms with E-state index in [1.165, 1.54) is 64.3 Å². The molecule has 11 rings (SSSR count). The molecule has 0 atom stereocenters. The molecule has 0 saturated carbocycles. The second-order valence-corrected chi connectivity index (χ2v) is 14.7. The standard InChI is InChI=1S/C49H31NOS/c1-3-12-32(13-4-1)33-24-26-36(27-25-33)50(38-28-29-40-39-18-7-8-23-45(39)52-46(40)31-38)37-17-9-16-35(30-37)49(34-14-5-2-6-15-34)41-19-10-21-43-47(41)48-42(49)20-11-22-44(48)51-43/h1-31H. The summed E-state index contributed by atoms with van der Waals surface area (Å²) in [5.41, 5.74) is 12.1. The molecule has 1 aliphatic rings. The van der Waals surface area contributed by atoms with Gasteiger partial charge in [0.25, 0.3) is 0 Å². The summed E-state index contributed by atoms with van der Waals surface area (Å²) in [7, 11) is 0. The van der Waals surface area contributed by atoms with Crippen molar-refractivity contribution < 1.29 is 4.42 Å². The van der Waals surface area contributed by atoms with Gasteiger partial charge in [-0.3, -0.25) is 0 Å². The third kappa shape index (κ3) is 4.17. The molecule has 2 nitrogen and oxygen atoms in total. The number of fused-ring (bicyclic) bond motifs is 3. The number of rotatable bonds is 6. The zero-order chi connectivity index (χ0) is 34.2. The molecule has 2 aromatic heterocycles. The Labute approximate surface area is 305 Å². The summed E-state index contributed by atoms with van der Waals surface area (Å²) in [6.07, 6.45) is 0. The fourth-order valence-corrected chi connectivity index (χ4v) is 9.87. The molecule has 244 valence electrons. The normalized spacial score (nSPS) is 13.2. The van der Waals surface area contributed by atoms with Crippen LogP contribution in [0.25, 0.3) is 53.2 Å². The van der Waals surface area contributed by atoms with Crippen molar-refractivity contribution in [3.8, 4) is 11.1 Å². The van der Waals surface area contributed by atoms with Crippen molar-refractivity contribution in [1.29, 1.82) is 0 Å². The van der Waals surface area contributed by atoms with Gasteiger partial charge in [0.15, 0.2) is 0 Å². The highest BCUT2D eigenvalue weighted by molar-refractivity contribution is 7.25. The van der Waals surface area contributed by atoms with Crippen molar-refractivity contribution in [2.24, 2.45) is 0 Å². The smallest absolute Gasteiger partial charge is 0.135 e. The van der Waals surface area contributed by atoms with Gasteiger partial charge in [0, 0.05) is 48.0 Å². The number of anilines is 3. The van der Waals surface area contributed by atoms with Crippen LogP contribution in [-0.2, 0) is 5.41 Å². The van der Waals surface area contributed by atoms with E-state index in [0.717, 1.165) is 28.2 Å². The van der Waals surface area contributed by atoms with Crippen molar-refractivity contribution >= 4 is 70.5 Å². The van der Waals surface area contributed by atoms with Gasteiger partial charge in [-0.2, -0.15) is 0 Å². The van der Waals surface area contributed by atoms with Crippen molar-refractivity contribution in [2.45, 2.75) is 5.41 Å². The topological polar surface area (TPSA) is 16.4 Å². The highest BCUT2D eigenvalue weighted by Crippen LogP contribution is 2.57. The predicted octanol–water partition coefficient (Wildman–Crippen LogP) is 13.8. The molecule has 0 N–H and O–H groups in total. The van der Waals surface area contributed by atoms with Crippen LogP contribution in [0.2, 0.25) is 0 Å². The van der Waals surface area contributed by atoms with E-state index >= 15 is 0 Å². The molecule has 10 aromatic rings. The van der Waals surface area contributed by atoms with E-state index in [1.54, 1.807) is 0 Å². The van der Waals surface area contributed by atoms with Gasteiger partial charge >= 0.3 is 0 Å². The van der Waals surface area contributed by atoms with Crippen LogP contribution in [0, 0.1) is 0 Å². The summed E-state index contributed by atoms with van der Waals surface area (Å²) in [5.74, 6) is 0. The number of benzene rings is 8. The van der Waals surface area contributed by atoms with Crippen LogP contribution in [0.1, 0.15) is 22.3 Å². The molecule has 2 heterocycles. The lowest BCUT2D eigenvalue weighted by molar-refractivity contribution is 0.663. The van der Waals surface area contributed by atoms with Crippen LogP contribution in [0.4, 0.5) is 17.1 Å². The molecular weight excluding hydrogens is 651 g/mol. The Balaban J connectivity index is 1.15. The first-order valence-corrected chi connectivity index (χ1v) is 18.6. The molecule has 8 aromatic carbocycles. The first-order chi connectivity index (χ1) is 25.8. The lowest BCUT2D eigenvalue weighted by Gasteiger charge is -2.35. The molecule has 0 spiro atoms. The summed E-state index contributed by atoms with van der Waals surface area (Å²) in [6, 6.07) is 68.5. The minimum absolute atomic E-state index is 0.518. The SMILES string of the molecule is c1ccc(-c2ccc(N(c3cccc(C4(c5ccccc5)c5cccc6oc7cccc4c7c56)c3)c3ccc4c(c3)sc3ccccc34)cc2)cc1. The van der Waals surface area contributed by atoms with Gasteiger partial charge < -0.3 is 9.32 Å². The van der Waals surface area contributed by atoms with E-state index in [0.29, 0.717) is 0 Å². The van der Waals surface area contributed by atoms with Gasteiger partial charge in [0.2, 0.25) is 0 Å². The van der Waals surface area contributed by atoms with E-state index in [4.69, 9.17) is 4.42 Å². The Kier molecular flexibility index (Phi) is 6.37. The van der Waals surface area contributed by atoms with E-state index in [1.807, 2.05) is 11.3 Å². The average Bonchev–Trinajstić information content (AvgIpc) is 3.88. The molecule has 0 radical (unpaired) electrons. The average molecular weight is 682 g/mol. The van der Waals surface area contributed by atoms with E-state index < -0.39 is 5.41 Å². The van der Waals surface area contributed by atoms with Crippen LogP contribution in [0.3, 0.4) is 0 Å². The monoisotopic (exact) mass is 681 g/mol. The van der Waals surface area contributed by atoms with E-state index in [9.17, 15) is 0 Å². The number of hydrogen-bond donors (Lipinski definition) is 0. The maximum absolute atomic E-state index is 6.41. The number of hydrogen-bond acceptors (Lipinski definition) is 3. The Morgan fingerprint density at radius 3 is 1.73 bits per heavy atom. The van der Waals surface area contributed by atoms with Crippen molar-refractivity contribution in [3.63, 3.8) is 0 Å². The Hall–Kier alpha value is -6.42. The maximum atomic E-state index is 6.41. The van der Waals surface area contributed by atoms with Gasteiger partial charge in [-0.15, -0.1) is 11.3 Å². The van der Waals surface area contributed by atoms with Crippen LogP contribution in [0.5, 0.6) is 0 Å². The third-order valence-corrected chi connectivity index (χ3v) is 12.1. The molecular formula is C49H31NOS. The maximum Gasteiger partial charge on any atom is 0.135 e. The van der Waals surface area contributed by atoms with Crippen LogP contribution in [-0.4, -0.2) is 0 Å². The molecule has 1 aliphatic carbocycles. The fourth-order valence-electron chi connectivity index (χ4n) is 8.73. The Morgan fingerprint density at radius 2 is 0.981 bits per heavy atom. The minimum Gasteiger partial charge on any atom is -0.456 e. The van der Waals surface area contributed by atoms with Crippen molar-refractivity contribution in [3.05, 3.63) is 210 Å². The predicted molar refractivity (Wildman–Crippen MR) is 219 cm³/mol. The fraction of sp³-hybridized carbons (Fsp3) is 0.0204. The quantitative estimate of drug-likeness (QED) is 0.174. The molecule has 0 amide bonds. The van der Waals surface area contributed by atoms with Crippen LogP contribution in [0.15, 0.2) is 192 Å². The van der Waals surface area contributed by atoms with Crippen LogP contribution < -0.4 is 4.90 Å². The van der Waals surface area contributed by atoms with Gasteiger partial charge in [-0.05, 0) is 88.0 Å². The Bertz CT molecular complexity index is 2900. The zero-order valence-corrected chi connectivity index (χ0v) is 29.0. The highest BCUT2D eigenvalue weighted by atomic mass is 32.1. The molecule has 0 fully saturated rings. The lowest BCUT2D eigenvalue weighted by atomic mass is 9.67. The largest absolute Gasteiger partial charge is 0.456 e. The van der Waals surface area contributed by atoms with Crippen LogP contribution >= 0.6 is 11.3 Å². The van der Waals surface area contributed by atoms with Crippen molar-refractivity contribution in [2.75, 3.05) is 4.90 Å². The minimum atomic E-state index is -0.518. The summed E-state index contributed by atoms with van der Waals surface area (Å²) in [4.78, 5) is 2.42. The lowest BCUT2D eigenvalue weighted by Crippen LogP contribution is -2.29. The molecule has 0 saturated heterocycles. The third-order valence-electron chi connectivity index (χ3n) is 10.9. The first kappa shape index (κ1) is 29.3. The highest BCUT2D eigenvalue weighted by Gasteiger charge is 2.46. The summed E-state index contributed by atoms with van der Waals surface area (Å²) in [5, 5.41) is 5.03. The van der Waals surface area contributed by atoms with Gasteiger partial charge in [-0.25, -0.2) is 0 Å². The second kappa shape index (κ2) is 11.3. The van der Waals surface area contributed by atoms with Gasteiger partial charge in [-0.1, -0.05) is 133 Å². The zero-order valence-electron chi connectivity index (χ0n) is 28.2.